The molecular formula is C3H6N2S. The van der Waals surface area contributed by atoms with Crippen LogP contribution >= 0.6 is 12.6 Å². The molecule has 0 amide bonds. The maximum Gasteiger partial charge on any atom is 0.155 e. The molecule has 6 heavy (non-hydrogen) atoms. The van der Waals surface area contributed by atoms with Crippen LogP contribution in [0.25, 0.3) is 0 Å². The quantitative estimate of drug-likeness (QED) is 0.280. The van der Waals surface area contributed by atoms with Crippen LogP contribution in [0.3, 0.4) is 0 Å². The summed E-state index contributed by atoms with van der Waals surface area (Å²) in [5.74, 6) is 0. The third-order valence-corrected chi connectivity index (χ3v) is 0.339. The third kappa shape index (κ3) is 3.56. The Morgan fingerprint density at radius 2 is 2.50 bits per heavy atom. The highest BCUT2D eigenvalue weighted by Gasteiger charge is 1.66. The van der Waals surface area contributed by atoms with Gasteiger partial charge in [0.25, 0.3) is 0 Å². The first-order chi connectivity index (χ1) is 2.77. The average molecular weight is 102 g/mol. The number of thiol groups is 1. The molecule has 0 fully saturated rings. The van der Waals surface area contributed by atoms with Gasteiger partial charge in [-0.15, -0.1) is 12.6 Å². The molecule has 0 rings (SSSR count). The van der Waals surface area contributed by atoms with E-state index in [4.69, 9.17) is 5.73 Å². The fraction of sp³-hybridized carbons (Fsp3) is 0. The zero-order chi connectivity index (χ0) is 4.99. The molecule has 0 spiro atoms. The predicted molar refractivity (Wildman–Crippen MR) is 30.8 cm³/mol. The van der Waals surface area contributed by atoms with Gasteiger partial charge in [0.1, 0.15) is 0 Å². The second-order valence-corrected chi connectivity index (χ2v) is 1.13. The maximum absolute atomic E-state index is 4.95. The number of nitrogens with two attached hydrogens (primary N) is 1. The lowest BCUT2D eigenvalue weighted by Gasteiger charge is -1.76. The standard InChI is InChI=1S/C3H6N2S/c1-2-5-3(4)6/h2H,1H2,(H3,4,5,6). The van der Waals surface area contributed by atoms with E-state index in [9.17, 15) is 0 Å². The van der Waals surface area contributed by atoms with Crippen LogP contribution < -0.4 is 5.73 Å². The van der Waals surface area contributed by atoms with Crippen molar-refractivity contribution in [1.29, 1.82) is 0 Å². The summed E-state index contributed by atoms with van der Waals surface area (Å²) in [6, 6.07) is 0. The zero-order valence-electron chi connectivity index (χ0n) is 3.26. The van der Waals surface area contributed by atoms with Crippen LogP contribution in [0.1, 0.15) is 0 Å². The van der Waals surface area contributed by atoms with Gasteiger partial charge in [0.2, 0.25) is 0 Å². The third-order valence-electron chi connectivity index (χ3n) is 0.224. The molecule has 0 aromatic heterocycles. The van der Waals surface area contributed by atoms with Gasteiger partial charge in [0.05, 0.1) is 0 Å². The number of rotatable bonds is 1. The first kappa shape index (κ1) is 5.56. The van der Waals surface area contributed by atoms with Crippen LogP contribution in [0.4, 0.5) is 0 Å². The van der Waals surface area contributed by atoms with E-state index in [1.165, 1.54) is 6.20 Å². The van der Waals surface area contributed by atoms with Crippen molar-refractivity contribution >= 4 is 17.8 Å². The number of hydrogen-bond donors (Lipinski definition) is 2. The number of nitrogens with zero attached hydrogens (tertiary/aromatic N) is 1. The highest BCUT2D eigenvalue weighted by molar-refractivity contribution is 7.96. The summed E-state index contributed by atoms with van der Waals surface area (Å²) >= 11 is 3.63. The Labute approximate surface area is 42.2 Å². The van der Waals surface area contributed by atoms with Gasteiger partial charge in [-0.3, -0.25) is 0 Å². The maximum atomic E-state index is 4.95. The number of aliphatic imine (C=N–C) groups is 1. The van der Waals surface area contributed by atoms with Crippen molar-refractivity contribution in [1.82, 2.24) is 0 Å². The molecular weight excluding hydrogens is 96.1 g/mol. The summed E-state index contributed by atoms with van der Waals surface area (Å²) in [5.41, 5.74) is 4.95. The number of amidine groups is 1. The van der Waals surface area contributed by atoms with Crippen molar-refractivity contribution in [2.45, 2.75) is 0 Å². The fourth-order valence-electron chi connectivity index (χ4n) is 0.0935. The Morgan fingerprint density at radius 1 is 2.00 bits per heavy atom. The van der Waals surface area contributed by atoms with E-state index in [1.807, 2.05) is 0 Å². The van der Waals surface area contributed by atoms with Gasteiger partial charge < -0.3 is 5.73 Å². The molecule has 0 aromatic carbocycles. The van der Waals surface area contributed by atoms with Crippen LogP contribution in [0.2, 0.25) is 0 Å². The van der Waals surface area contributed by atoms with Gasteiger partial charge in [0.15, 0.2) is 5.17 Å². The first-order valence-corrected chi connectivity index (χ1v) is 1.85. The normalized spacial score (nSPS) is 11.2. The molecule has 0 heterocycles. The summed E-state index contributed by atoms with van der Waals surface area (Å²) in [4.78, 5) is 3.45. The van der Waals surface area contributed by atoms with Crippen molar-refractivity contribution in [3.8, 4) is 0 Å². The van der Waals surface area contributed by atoms with Crippen LogP contribution in [-0.2, 0) is 0 Å². The van der Waals surface area contributed by atoms with Gasteiger partial charge in [-0.05, 0) is 0 Å². The van der Waals surface area contributed by atoms with E-state index in [2.05, 4.69) is 24.2 Å². The lowest BCUT2D eigenvalue weighted by Crippen LogP contribution is -1.99. The number of hydrogen-bond acceptors (Lipinski definition) is 1. The topological polar surface area (TPSA) is 38.4 Å². The van der Waals surface area contributed by atoms with E-state index < -0.39 is 0 Å². The molecule has 0 radical (unpaired) electrons. The Kier molecular flexibility index (Phi) is 2.58. The molecule has 0 atom stereocenters. The molecule has 0 aliphatic heterocycles. The minimum atomic E-state index is 0.241. The smallest absolute Gasteiger partial charge is 0.155 e. The van der Waals surface area contributed by atoms with E-state index in [1.54, 1.807) is 0 Å². The predicted octanol–water partition coefficient (Wildman–Crippen LogP) is 0.374. The summed E-state index contributed by atoms with van der Waals surface area (Å²) in [6.07, 6.45) is 1.34. The van der Waals surface area contributed by atoms with Crippen LogP contribution in [0.5, 0.6) is 0 Å². The molecule has 2 nitrogen and oxygen atoms in total. The van der Waals surface area contributed by atoms with E-state index in [-0.39, 0.29) is 5.17 Å². The Bertz CT molecular complexity index is 72.9. The molecule has 0 unspecified atom stereocenters. The van der Waals surface area contributed by atoms with E-state index in [0.29, 0.717) is 0 Å². The lowest BCUT2D eigenvalue weighted by molar-refractivity contribution is 1.57. The van der Waals surface area contributed by atoms with Gasteiger partial charge in [-0.25, -0.2) is 4.99 Å². The minimum absolute atomic E-state index is 0.241. The Morgan fingerprint density at radius 3 is 2.50 bits per heavy atom. The highest BCUT2D eigenvalue weighted by atomic mass is 32.1. The van der Waals surface area contributed by atoms with Crippen molar-refractivity contribution in [2.24, 2.45) is 10.7 Å². The Hall–Kier alpha value is -0.440. The summed E-state index contributed by atoms with van der Waals surface area (Å²) in [6.45, 7) is 3.28. The van der Waals surface area contributed by atoms with Gasteiger partial charge in [-0.2, -0.15) is 0 Å². The minimum Gasteiger partial charge on any atom is -0.378 e. The molecule has 34 valence electrons. The first-order valence-electron chi connectivity index (χ1n) is 1.40. The van der Waals surface area contributed by atoms with Crippen molar-refractivity contribution in [2.75, 3.05) is 0 Å². The monoisotopic (exact) mass is 102 g/mol. The van der Waals surface area contributed by atoms with Crippen molar-refractivity contribution in [3.63, 3.8) is 0 Å². The molecule has 0 aromatic rings. The van der Waals surface area contributed by atoms with Crippen LogP contribution in [0, 0.1) is 0 Å². The molecule has 0 bridgehead atoms. The summed E-state index contributed by atoms with van der Waals surface area (Å²) < 4.78 is 0. The molecule has 3 heteroatoms. The van der Waals surface area contributed by atoms with Gasteiger partial charge in [-0.1, -0.05) is 6.58 Å². The fourth-order valence-corrected chi connectivity index (χ4v) is 0.175. The summed E-state index contributed by atoms with van der Waals surface area (Å²) in [7, 11) is 0. The zero-order valence-corrected chi connectivity index (χ0v) is 4.15. The van der Waals surface area contributed by atoms with Crippen molar-refractivity contribution < 1.29 is 0 Å². The lowest BCUT2D eigenvalue weighted by atomic mass is 11.0. The molecule has 2 N–H and O–H groups in total. The van der Waals surface area contributed by atoms with Crippen LogP contribution in [-0.4, -0.2) is 5.17 Å². The Balaban J connectivity index is 3.41. The molecule has 0 saturated carbocycles. The van der Waals surface area contributed by atoms with E-state index >= 15 is 0 Å². The second-order valence-electron chi connectivity index (χ2n) is 0.670. The highest BCUT2D eigenvalue weighted by Crippen LogP contribution is 1.72. The molecule has 0 aliphatic carbocycles. The van der Waals surface area contributed by atoms with Crippen molar-refractivity contribution in [3.05, 3.63) is 12.8 Å². The van der Waals surface area contributed by atoms with Gasteiger partial charge in [0, 0.05) is 6.20 Å². The van der Waals surface area contributed by atoms with E-state index in [0.717, 1.165) is 0 Å². The second kappa shape index (κ2) is 2.78. The molecule has 0 aliphatic rings. The SMILES string of the molecule is C=C/N=C(/N)S. The average Bonchev–Trinajstić information content (AvgIpc) is 1.35. The summed E-state index contributed by atoms with van der Waals surface area (Å²) in [5, 5.41) is 0.241. The van der Waals surface area contributed by atoms with Crippen LogP contribution in [0.15, 0.2) is 17.8 Å². The largest absolute Gasteiger partial charge is 0.378 e. The molecule has 0 saturated heterocycles. The van der Waals surface area contributed by atoms with Gasteiger partial charge >= 0.3 is 0 Å².